The van der Waals surface area contributed by atoms with E-state index < -0.39 is 0 Å². The second kappa shape index (κ2) is 6.70. The average Bonchev–Trinajstić information content (AvgIpc) is 2.83. The molecule has 6 heteroatoms. The van der Waals surface area contributed by atoms with Gasteiger partial charge in [0.05, 0.1) is 25.7 Å². The maximum atomic E-state index is 5.40. The van der Waals surface area contributed by atoms with E-state index in [1.807, 2.05) is 0 Å². The van der Waals surface area contributed by atoms with Gasteiger partial charge in [-0.25, -0.2) is 0 Å². The van der Waals surface area contributed by atoms with Gasteiger partial charge in [0, 0.05) is 18.5 Å². The van der Waals surface area contributed by atoms with Crippen LogP contribution in [0.4, 0.5) is 0 Å². The zero-order chi connectivity index (χ0) is 12.1. The fourth-order valence-corrected chi connectivity index (χ4v) is 3.45. The molecule has 1 aromatic heterocycles. The van der Waals surface area contributed by atoms with Gasteiger partial charge in [-0.1, -0.05) is 30.0 Å². The Kier molecular flexibility index (Phi) is 5.24. The second-order valence-corrected chi connectivity index (χ2v) is 6.46. The van der Waals surface area contributed by atoms with Crippen LogP contribution in [0, 0.1) is 0 Å². The Bertz CT molecular complexity index is 356. The minimum absolute atomic E-state index is 0.778. The molecule has 0 bridgehead atoms. The fraction of sp³-hybridized carbons (Fsp3) is 0.545. The molecule has 1 aromatic rings. The quantitative estimate of drug-likeness (QED) is 0.771. The van der Waals surface area contributed by atoms with Crippen molar-refractivity contribution in [1.82, 2.24) is 9.80 Å². The summed E-state index contributed by atoms with van der Waals surface area (Å²) in [6.45, 7) is 3.58. The Labute approximate surface area is 116 Å². The van der Waals surface area contributed by atoms with Crippen LogP contribution >= 0.6 is 35.3 Å². The molecule has 0 atom stereocenters. The van der Waals surface area contributed by atoms with E-state index in [1.165, 1.54) is 4.88 Å². The summed E-state index contributed by atoms with van der Waals surface area (Å²) in [7, 11) is 1.74. The van der Waals surface area contributed by atoms with Crippen molar-refractivity contribution in [1.29, 1.82) is 0 Å². The van der Waals surface area contributed by atoms with Crippen molar-refractivity contribution < 1.29 is 4.74 Å². The molecule has 1 aliphatic heterocycles. The summed E-state index contributed by atoms with van der Waals surface area (Å²) in [6.07, 6.45) is 0. The topological polar surface area (TPSA) is 15.7 Å². The van der Waals surface area contributed by atoms with Crippen LogP contribution < -0.4 is 0 Å². The van der Waals surface area contributed by atoms with Crippen LogP contribution in [0.2, 0.25) is 0 Å². The lowest BCUT2D eigenvalue weighted by Gasteiger charge is -2.36. The van der Waals surface area contributed by atoms with Crippen molar-refractivity contribution in [3.05, 3.63) is 22.4 Å². The molecule has 0 radical (unpaired) electrons. The summed E-state index contributed by atoms with van der Waals surface area (Å²) in [5.41, 5.74) is 0. The zero-order valence-corrected chi connectivity index (χ0v) is 12.2. The molecule has 1 saturated heterocycles. The maximum Gasteiger partial charge on any atom is 0.139 e. The highest BCUT2D eigenvalue weighted by Gasteiger charge is 2.21. The van der Waals surface area contributed by atoms with Gasteiger partial charge in [-0.05, 0) is 11.4 Å². The van der Waals surface area contributed by atoms with Gasteiger partial charge in [-0.3, -0.25) is 4.90 Å². The van der Waals surface area contributed by atoms with Crippen molar-refractivity contribution >= 4 is 39.6 Å². The van der Waals surface area contributed by atoms with Gasteiger partial charge in [0.1, 0.15) is 4.32 Å². The molecule has 2 heterocycles. The Hall–Kier alpha value is -0.140. The summed E-state index contributed by atoms with van der Waals surface area (Å²) >= 11 is 8.92. The molecular weight excluding hydrogens is 272 g/mol. The number of hydrogen-bond donors (Lipinski definition) is 0. The van der Waals surface area contributed by atoms with Crippen LogP contribution in [-0.2, 0) is 11.3 Å². The highest BCUT2D eigenvalue weighted by molar-refractivity contribution is 8.22. The zero-order valence-electron chi connectivity index (χ0n) is 9.80. The molecule has 1 aliphatic rings. The Morgan fingerprint density at radius 1 is 1.53 bits per heavy atom. The molecule has 0 aromatic carbocycles. The Morgan fingerprint density at radius 3 is 3.12 bits per heavy atom. The first-order valence-corrected chi connectivity index (χ1v) is 7.72. The van der Waals surface area contributed by atoms with Crippen molar-refractivity contribution in [3.63, 3.8) is 0 Å². The molecule has 1 fully saturated rings. The lowest BCUT2D eigenvalue weighted by Crippen LogP contribution is -2.45. The molecule has 3 nitrogen and oxygen atoms in total. The first-order chi connectivity index (χ1) is 8.29. The van der Waals surface area contributed by atoms with E-state index >= 15 is 0 Å². The summed E-state index contributed by atoms with van der Waals surface area (Å²) in [5, 5.41) is 2.11. The molecule has 0 spiro atoms. The third-order valence-corrected chi connectivity index (χ3v) is 5.01. The monoisotopic (exact) mass is 288 g/mol. The van der Waals surface area contributed by atoms with Crippen molar-refractivity contribution in [2.24, 2.45) is 0 Å². The molecular formula is C11H16N2OS3. The number of nitrogens with zero attached hydrogens (tertiary/aromatic N) is 2. The fourth-order valence-electron chi connectivity index (χ4n) is 1.64. The van der Waals surface area contributed by atoms with Gasteiger partial charge >= 0.3 is 0 Å². The van der Waals surface area contributed by atoms with Gasteiger partial charge in [0.25, 0.3) is 0 Å². The van der Waals surface area contributed by atoms with Gasteiger partial charge in [0.2, 0.25) is 0 Å². The number of hydrogen-bond acceptors (Lipinski definition) is 5. The molecule has 0 unspecified atom stereocenters. The van der Waals surface area contributed by atoms with E-state index in [-0.39, 0.29) is 0 Å². The third-order valence-electron chi connectivity index (χ3n) is 2.54. The van der Waals surface area contributed by atoms with E-state index in [0.29, 0.717) is 0 Å². The molecule has 2 rings (SSSR count). The van der Waals surface area contributed by atoms with E-state index in [0.717, 1.165) is 36.6 Å². The van der Waals surface area contributed by atoms with Crippen molar-refractivity contribution in [2.75, 3.05) is 32.8 Å². The highest BCUT2D eigenvalue weighted by Crippen LogP contribution is 2.22. The molecule has 0 N–H and O–H groups in total. The number of thiocarbonyl (C=S) groups is 1. The molecule has 0 amide bonds. The summed E-state index contributed by atoms with van der Waals surface area (Å²) in [4.78, 5) is 5.98. The summed E-state index contributed by atoms with van der Waals surface area (Å²) in [6, 6.07) is 4.24. The van der Waals surface area contributed by atoms with E-state index in [4.69, 9.17) is 17.0 Å². The largest absolute Gasteiger partial charge is 0.383 e. The predicted molar refractivity (Wildman–Crippen MR) is 78.4 cm³/mol. The van der Waals surface area contributed by atoms with Gasteiger partial charge < -0.3 is 9.64 Å². The number of thioether (sulfide) groups is 1. The van der Waals surface area contributed by atoms with Crippen molar-refractivity contribution in [2.45, 2.75) is 6.54 Å². The first-order valence-electron chi connectivity index (χ1n) is 5.45. The average molecular weight is 288 g/mol. The standard InChI is InChI=1S/C11H16N2OS3/c1-14-5-4-12-8-13(11(15)17-9-12)7-10-3-2-6-16-10/h2-3,6H,4-5,7-9H2,1H3. The third kappa shape index (κ3) is 3.93. The molecule has 0 saturated carbocycles. The van der Waals surface area contributed by atoms with Crippen LogP contribution in [0.3, 0.4) is 0 Å². The van der Waals surface area contributed by atoms with Crippen LogP contribution in [0.5, 0.6) is 0 Å². The van der Waals surface area contributed by atoms with Crippen LogP contribution in [0.15, 0.2) is 17.5 Å². The van der Waals surface area contributed by atoms with Crippen molar-refractivity contribution in [3.8, 4) is 0 Å². The maximum absolute atomic E-state index is 5.40. The van der Waals surface area contributed by atoms with E-state index in [2.05, 4.69) is 27.3 Å². The van der Waals surface area contributed by atoms with Gasteiger partial charge in [-0.15, -0.1) is 11.3 Å². The predicted octanol–water partition coefficient (Wildman–Crippen LogP) is 2.45. The lowest BCUT2D eigenvalue weighted by molar-refractivity contribution is 0.132. The van der Waals surface area contributed by atoms with Crippen LogP contribution in [0.1, 0.15) is 4.88 Å². The highest BCUT2D eigenvalue weighted by atomic mass is 32.2. The first kappa shape index (κ1) is 13.3. The van der Waals surface area contributed by atoms with E-state index in [1.54, 1.807) is 30.2 Å². The van der Waals surface area contributed by atoms with E-state index in [9.17, 15) is 0 Å². The molecule has 0 aliphatic carbocycles. The number of methoxy groups -OCH3 is 1. The number of ether oxygens (including phenoxy) is 1. The SMILES string of the molecule is COCCN1CSC(=S)N(Cc2cccs2)C1. The molecule has 94 valence electrons. The lowest BCUT2D eigenvalue weighted by atomic mass is 10.4. The van der Waals surface area contributed by atoms with Gasteiger partial charge in [0.15, 0.2) is 0 Å². The Morgan fingerprint density at radius 2 is 2.41 bits per heavy atom. The summed E-state index contributed by atoms with van der Waals surface area (Å²) < 4.78 is 6.12. The second-order valence-electron chi connectivity index (χ2n) is 3.85. The summed E-state index contributed by atoms with van der Waals surface area (Å²) in [5.74, 6) is 0.975. The van der Waals surface area contributed by atoms with Gasteiger partial charge in [-0.2, -0.15) is 0 Å². The number of rotatable bonds is 5. The van der Waals surface area contributed by atoms with Crippen LogP contribution in [0.25, 0.3) is 0 Å². The number of thiophene rings is 1. The smallest absolute Gasteiger partial charge is 0.139 e. The Balaban J connectivity index is 1.88. The minimum Gasteiger partial charge on any atom is -0.383 e. The van der Waals surface area contributed by atoms with Crippen LogP contribution in [-0.4, -0.2) is 46.9 Å². The minimum atomic E-state index is 0.778. The normalized spacial score (nSPS) is 17.7. The molecule has 17 heavy (non-hydrogen) atoms.